The highest BCUT2D eigenvalue weighted by atomic mass is 79.9. The van der Waals surface area contributed by atoms with Gasteiger partial charge in [-0.05, 0) is 36.8 Å². The van der Waals surface area contributed by atoms with Crippen molar-refractivity contribution in [2.45, 2.75) is 19.4 Å². The third kappa shape index (κ3) is 3.66. The fourth-order valence-electron chi connectivity index (χ4n) is 1.89. The summed E-state index contributed by atoms with van der Waals surface area (Å²) in [5, 5.41) is 0.368. The zero-order chi connectivity index (χ0) is 14.7. The lowest BCUT2D eigenvalue weighted by Crippen LogP contribution is -2.02. The molecular weight excluding hydrogens is 366 g/mol. The molecule has 0 unspecified atom stereocenters. The van der Waals surface area contributed by atoms with Gasteiger partial charge in [-0.2, -0.15) is 0 Å². The Balaban J connectivity index is 2.22. The van der Waals surface area contributed by atoms with Crippen LogP contribution in [0.1, 0.15) is 16.7 Å². The summed E-state index contributed by atoms with van der Waals surface area (Å²) in [6.45, 7) is 2.06. The fraction of sp³-hybridized carbons (Fsp3) is 0.200. The van der Waals surface area contributed by atoms with Gasteiger partial charge >= 0.3 is 0 Å². The molecule has 2 rings (SSSR count). The van der Waals surface area contributed by atoms with Crippen molar-refractivity contribution in [1.29, 1.82) is 0 Å². The summed E-state index contributed by atoms with van der Waals surface area (Å²) in [5.41, 5.74) is 2.27. The first-order chi connectivity index (χ1) is 9.51. The Morgan fingerprint density at radius 1 is 1.20 bits per heavy atom. The number of aryl methyl sites for hydroxylation is 1. The van der Waals surface area contributed by atoms with Crippen molar-refractivity contribution in [3.8, 4) is 5.75 Å². The van der Waals surface area contributed by atoms with Crippen LogP contribution in [0.2, 0.25) is 5.02 Å². The highest BCUT2D eigenvalue weighted by molar-refractivity contribution is 9.10. The molecule has 1 nitrogen and oxygen atoms in total. The van der Waals surface area contributed by atoms with Crippen molar-refractivity contribution in [2.24, 2.45) is 0 Å². The van der Waals surface area contributed by atoms with Crippen LogP contribution in [0.4, 0.5) is 4.39 Å². The van der Waals surface area contributed by atoms with Crippen molar-refractivity contribution in [3.63, 3.8) is 0 Å². The van der Waals surface area contributed by atoms with Crippen LogP contribution in [-0.2, 0) is 12.5 Å². The maximum absolute atomic E-state index is 13.7. The molecule has 0 aliphatic heterocycles. The molecule has 106 valence electrons. The summed E-state index contributed by atoms with van der Waals surface area (Å²) in [6.07, 6.45) is 0. The van der Waals surface area contributed by atoms with E-state index < -0.39 is 0 Å². The molecule has 5 heteroatoms. The van der Waals surface area contributed by atoms with Crippen molar-refractivity contribution in [3.05, 3.63) is 62.3 Å². The molecule has 2 aromatic rings. The van der Waals surface area contributed by atoms with E-state index in [-0.39, 0.29) is 12.4 Å². The summed E-state index contributed by atoms with van der Waals surface area (Å²) in [4.78, 5) is 0. The second-order valence-electron chi connectivity index (χ2n) is 4.37. The molecule has 0 aliphatic rings. The second kappa shape index (κ2) is 6.79. The van der Waals surface area contributed by atoms with Crippen LogP contribution >= 0.6 is 39.1 Å². The van der Waals surface area contributed by atoms with Gasteiger partial charge in [0.05, 0.1) is 5.88 Å². The largest absolute Gasteiger partial charge is 0.488 e. The van der Waals surface area contributed by atoms with Crippen LogP contribution < -0.4 is 4.74 Å². The van der Waals surface area contributed by atoms with E-state index in [2.05, 4.69) is 15.9 Å². The van der Waals surface area contributed by atoms with E-state index in [1.165, 1.54) is 6.07 Å². The van der Waals surface area contributed by atoms with Gasteiger partial charge < -0.3 is 4.74 Å². The van der Waals surface area contributed by atoms with Gasteiger partial charge in [0, 0.05) is 20.6 Å². The highest BCUT2D eigenvalue weighted by Gasteiger charge is 2.10. The lowest BCUT2D eigenvalue weighted by Gasteiger charge is -2.14. The van der Waals surface area contributed by atoms with Gasteiger partial charge in [-0.15, -0.1) is 11.6 Å². The predicted octanol–water partition coefficient (Wildman–Crippen LogP) is 5.87. The average molecular weight is 378 g/mol. The van der Waals surface area contributed by atoms with Crippen molar-refractivity contribution in [1.82, 2.24) is 0 Å². The van der Waals surface area contributed by atoms with Crippen LogP contribution in [-0.4, -0.2) is 0 Å². The van der Waals surface area contributed by atoms with E-state index in [4.69, 9.17) is 27.9 Å². The minimum absolute atomic E-state index is 0.134. The molecule has 0 aromatic heterocycles. The van der Waals surface area contributed by atoms with E-state index in [0.29, 0.717) is 22.2 Å². The Hall–Kier alpha value is -0.770. The van der Waals surface area contributed by atoms with E-state index >= 15 is 0 Å². The molecular formula is C15H12BrCl2FO. The minimum Gasteiger partial charge on any atom is -0.488 e. The first-order valence-corrected chi connectivity index (χ1v) is 7.63. The van der Waals surface area contributed by atoms with E-state index in [1.807, 2.05) is 19.1 Å². The topological polar surface area (TPSA) is 9.23 Å². The summed E-state index contributed by atoms with van der Waals surface area (Å²) in [7, 11) is 0. The molecule has 0 radical (unpaired) electrons. The lowest BCUT2D eigenvalue weighted by atomic mass is 10.1. The van der Waals surface area contributed by atoms with Crippen molar-refractivity contribution >= 4 is 39.1 Å². The molecule has 20 heavy (non-hydrogen) atoms. The van der Waals surface area contributed by atoms with E-state index in [0.717, 1.165) is 15.6 Å². The number of ether oxygens (including phenoxy) is 1. The van der Waals surface area contributed by atoms with Gasteiger partial charge in [0.15, 0.2) is 0 Å². The van der Waals surface area contributed by atoms with Gasteiger partial charge in [-0.25, -0.2) is 4.39 Å². The van der Waals surface area contributed by atoms with Crippen molar-refractivity contribution in [2.75, 3.05) is 0 Å². The minimum atomic E-state index is -0.375. The average Bonchev–Trinajstić information content (AvgIpc) is 2.38. The van der Waals surface area contributed by atoms with Crippen LogP contribution in [0.5, 0.6) is 5.75 Å². The SMILES string of the molecule is Cc1cc(Br)cc(CCl)c1OCc1ccc(Cl)cc1F. The molecule has 0 heterocycles. The molecule has 0 saturated heterocycles. The lowest BCUT2D eigenvalue weighted by molar-refractivity contribution is 0.295. The maximum atomic E-state index is 13.7. The summed E-state index contributed by atoms with van der Waals surface area (Å²) in [6, 6.07) is 8.36. The fourth-order valence-corrected chi connectivity index (χ4v) is 2.87. The number of alkyl halides is 1. The zero-order valence-electron chi connectivity index (χ0n) is 10.7. The molecule has 0 saturated carbocycles. The summed E-state index contributed by atoms with van der Waals surface area (Å²) in [5.74, 6) is 0.649. The number of hydrogen-bond donors (Lipinski definition) is 0. The molecule has 0 aliphatic carbocycles. The first-order valence-electron chi connectivity index (χ1n) is 5.93. The molecule has 0 amide bonds. The normalized spacial score (nSPS) is 10.7. The Bertz CT molecular complexity index is 632. The van der Waals surface area contributed by atoms with Gasteiger partial charge in [-0.3, -0.25) is 0 Å². The quantitative estimate of drug-likeness (QED) is 0.605. The Morgan fingerprint density at radius 2 is 1.95 bits per heavy atom. The standard InChI is InChI=1S/C15H12BrCl2FO/c1-9-4-12(16)5-11(7-17)15(9)20-8-10-2-3-13(18)6-14(10)19/h2-6H,7-8H2,1H3. The number of hydrogen-bond acceptors (Lipinski definition) is 1. The van der Waals surface area contributed by atoms with E-state index in [9.17, 15) is 4.39 Å². The molecule has 0 fully saturated rings. The number of benzene rings is 2. The molecule has 0 bridgehead atoms. The number of rotatable bonds is 4. The third-order valence-corrected chi connectivity index (χ3v) is 3.83. The zero-order valence-corrected chi connectivity index (χ0v) is 13.8. The Morgan fingerprint density at radius 3 is 2.60 bits per heavy atom. The number of halogens is 4. The van der Waals surface area contributed by atoms with E-state index in [1.54, 1.807) is 12.1 Å². The van der Waals surface area contributed by atoms with Gasteiger partial charge in [0.1, 0.15) is 18.2 Å². The Kier molecular flexibility index (Phi) is 5.30. The van der Waals surface area contributed by atoms with Gasteiger partial charge in [0.25, 0.3) is 0 Å². The van der Waals surface area contributed by atoms with Crippen molar-refractivity contribution < 1.29 is 9.13 Å². The third-order valence-electron chi connectivity index (χ3n) is 2.85. The first kappa shape index (κ1) is 15.6. The predicted molar refractivity (Wildman–Crippen MR) is 84.2 cm³/mol. The van der Waals surface area contributed by atoms with Crippen LogP contribution in [0.15, 0.2) is 34.8 Å². The van der Waals surface area contributed by atoms with Gasteiger partial charge in [-0.1, -0.05) is 33.6 Å². The smallest absolute Gasteiger partial charge is 0.131 e. The van der Waals surface area contributed by atoms with Crippen LogP contribution in [0.25, 0.3) is 0 Å². The van der Waals surface area contributed by atoms with Crippen LogP contribution in [0, 0.1) is 12.7 Å². The Labute approximate surface area is 135 Å². The summed E-state index contributed by atoms with van der Waals surface area (Å²) >= 11 is 15.1. The van der Waals surface area contributed by atoms with Gasteiger partial charge in [0.2, 0.25) is 0 Å². The summed E-state index contributed by atoms with van der Waals surface area (Å²) < 4.78 is 20.4. The maximum Gasteiger partial charge on any atom is 0.131 e. The second-order valence-corrected chi connectivity index (χ2v) is 5.99. The monoisotopic (exact) mass is 376 g/mol. The highest BCUT2D eigenvalue weighted by Crippen LogP contribution is 2.30. The van der Waals surface area contributed by atoms with Crippen LogP contribution in [0.3, 0.4) is 0 Å². The molecule has 0 spiro atoms. The molecule has 2 aromatic carbocycles. The molecule has 0 N–H and O–H groups in total. The molecule has 0 atom stereocenters.